The molecule has 5 nitrogen and oxygen atoms in total. The number of esters is 1. The molecule has 1 aromatic carbocycles. The summed E-state index contributed by atoms with van der Waals surface area (Å²) >= 11 is 0. The second-order valence-electron chi connectivity index (χ2n) is 6.61. The lowest BCUT2D eigenvalue weighted by Crippen LogP contribution is -2.25. The first-order valence-corrected chi connectivity index (χ1v) is 8.48. The Morgan fingerprint density at radius 2 is 1.77 bits per heavy atom. The van der Waals surface area contributed by atoms with Crippen molar-refractivity contribution >= 4 is 17.0 Å². The van der Waals surface area contributed by atoms with Crippen LogP contribution in [-0.2, 0) is 11.3 Å². The van der Waals surface area contributed by atoms with Gasteiger partial charge in [0.05, 0.1) is 12.5 Å². The number of aromatic nitrogens is 2. The van der Waals surface area contributed by atoms with Gasteiger partial charge in [0, 0.05) is 17.9 Å². The summed E-state index contributed by atoms with van der Waals surface area (Å²) in [5.41, 5.74) is 4.90. The fourth-order valence-corrected chi connectivity index (χ4v) is 3.07. The summed E-state index contributed by atoms with van der Waals surface area (Å²) < 4.78 is 6.77. The van der Waals surface area contributed by atoms with Gasteiger partial charge in [0.25, 0.3) is 0 Å². The number of carbonyl (C=O) groups excluding carboxylic acids is 1. The molecule has 0 N–H and O–H groups in total. The smallest absolute Gasteiger partial charge is 0.343 e. The molecule has 0 aliphatic carbocycles. The van der Waals surface area contributed by atoms with Crippen LogP contribution in [0.5, 0.6) is 0 Å². The lowest BCUT2D eigenvalue weighted by molar-refractivity contribution is 0.0597. The van der Waals surface area contributed by atoms with Crippen molar-refractivity contribution in [3.63, 3.8) is 0 Å². The third kappa shape index (κ3) is 3.01. The molecule has 0 amide bonds. The van der Waals surface area contributed by atoms with Gasteiger partial charge in [0.1, 0.15) is 11.2 Å². The number of fused-ring (bicyclic) bond motifs is 1. The molecule has 0 saturated heterocycles. The zero-order chi connectivity index (χ0) is 19.0. The minimum absolute atomic E-state index is 0.0668. The summed E-state index contributed by atoms with van der Waals surface area (Å²) in [6.07, 6.45) is 0. The minimum atomic E-state index is -0.620. The highest BCUT2D eigenvalue weighted by Crippen LogP contribution is 2.20. The molecule has 0 atom stereocenters. The minimum Gasteiger partial charge on any atom is -0.465 e. The van der Waals surface area contributed by atoms with Crippen molar-refractivity contribution < 1.29 is 9.53 Å². The predicted molar refractivity (Wildman–Crippen MR) is 102 cm³/mol. The predicted octanol–water partition coefficient (Wildman–Crippen LogP) is 3.47. The maximum atomic E-state index is 12.9. The van der Waals surface area contributed by atoms with Crippen LogP contribution in [0.4, 0.5) is 0 Å². The second-order valence-corrected chi connectivity index (χ2v) is 6.61. The highest BCUT2D eigenvalue weighted by atomic mass is 16.5. The number of pyridine rings is 2. The van der Waals surface area contributed by atoms with Crippen LogP contribution in [-0.4, -0.2) is 22.6 Å². The second kappa shape index (κ2) is 6.75. The van der Waals surface area contributed by atoms with E-state index in [0.717, 1.165) is 16.8 Å². The van der Waals surface area contributed by atoms with Crippen molar-refractivity contribution in [2.75, 3.05) is 7.11 Å². The Labute approximate surface area is 152 Å². The van der Waals surface area contributed by atoms with Crippen LogP contribution in [0.3, 0.4) is 0 Å². The van der Waals surface area contributed by atoms with E-state index in [9.17, 15) is 9.59 Å². The van der Waals surface area contributed by atoms with Gasteiger partial charge in [0.15, 0.2) is 0 Å². The lowest BCUT2D eigenvalue weighted by atomic mass is 10.1. The molecule has 0 saturated carbocycles. The Morgan fingerprint density at radius 3 is 2.38 bits per heavy atom. The van der Waals surface area contributed by atoms with Gasteiger partial charge < -0.3 is 9.30 Å². The molecule has 134 valence electrons. The highest BCUT2D eigenvalue weighted by Gasteiger charge is 2.22. The molecule has 0 fully saturated rings. The van der Waals surface area contributed by atoms with E-state index < -0.39 is 5.97 Å². The van der Waals surface area contributed by atoms with E-state index in [1.807, 2.05) is 49.6 Å². The molecule has 0 radical (unpaired) electrons. The molecular formula is C21H22N2O3. The summed E-state index contributed by atoms with van der Waals surface area (Å²) in [6.45, 7) is 8.13. The van der Waals surface area contributed by atoms with Crippen LogP contribution in [0.25, 0.3) is 11.0 Å². The number of benzene rings is 1. The Kier molecular flexibility index (Phi) is 4.64. The van der Waals surface area contributed by atoms with E-state index in [2.05, 4.69) is 4.98 Å². The normalized spacial score (nSPS) is 11.0. The van der Waals surface area contributed by atoms with E-state index in [4.69, 9.17) is 4.74 Å². The summed E-state index contributed by atoms with van der Waals surface area (Å²) in [7, 11) is 1.29. The van der Waals surface area contributed by atoms with E-state index >= 15 is 0 Å². The third-order valence-corrected chi connectivity index (χ3v) is 4.79. The molecule has 5 heteroatoms. The summed E-state index contributed by atoms with van der Waals surface area (Å²) in [5, 5.41) is 0.436. The number of nitrogens with zero attached hydrogens (tertiary/aromatic N) is 2. The maximum absolute atomic E-state index is 12.9. The molecule has 2 heterocycles. The zero-order valence-corrected chi connectivity index (χ0v) is 15.7. The van der Waals surface area contributed by atoms with Gasteiger partial charge in [-0.25, -0.2) is 9.78 Å². The van der Waals surface area contributed by atoms with Crippen LogP contribution >= 0.6 is 0 Å². The highest BCUT2D eigenvalue weighted by molar-refractivity contribution is 5.94. The summed E-state index contributed by atoms with van der Waals surface area (Å²) in [6, 6.07) is 9.96. The van der Waals surface area contributed by atoms with Crippen LogP contribution < -0.4 is 5.43 Å². The average molecular weight is 350 g/mol. The van der Waals surface area contributed by atoms with Gasteiger partial charge in [-0.1, -0.05) is 29.8 Å². The summed E-state index contributed by atoms with van der Waals surface area (Å²) in [5.74, 6) is -0.620. The first-order chi connectivity index (χ1) is 12.3. The number of hydrogen-bond acceptors (Lipinski definition) is 4. The van der Waals surface area contributed by atoms with Crippen LogP contribution in [0, 0.1) is 27.7 Å². The molecule has 0 aliphatic rings. The van der Waals surface area contributed by atoms with Crippen molar-refractivity contribution in [1.29, 1.82) is 0 Å². The zero-order valence-electron chi connectivity index (χ0n) is 15.7. The number of aryl methyl sites for hydroxylation is 3. The Balaban J connectivity index is 2.34. The van der Waals surface area contributed by atoms with E-state index in [-0.39, 0.29) is 11.0 Å². The summed E-state index contributed by atoms with van der Waals surface area (Å²) in [4.78, 5) is 29.8. The van der Waals surface area contributed by atoms with Crippen molar-refractivity contribution in [2.45, 2.75) is 34.2 Å². The van der Waals surface area contributed by atoms with Gasteiger partial charge in [-0.2, -0.15) is 0 Å². The van der Waals surface area contributed by atoms with Gasteiger partial charge in [-0.05, 0) is 44.9 Å². The average Bonchev–Trinajstić information content (AvgIpc) is 2.62. The largest absolute Gasteiger partial charge is 0.465 e. The van der Waals surface area contributed by atoms with Crippen molar-refractivity contribution in [3.05, 3.63) is 74.2 Å². The molecular weight excluding hydrogens is 328 g/mol. The van der Waals surface area contributed by atoms with Crippen molar-refractivity contribution in [3.8, 4) is 0 Å². The SMILES string of the molecule is COC(=O)c1c(C)n(Cc2ccc(C)cc2)c2nc(C)c(C)cc2c1=O. The molecule has 0 aliphatic heterocycles. The quantitative estimate of drug-likeness (QED) is 0.679. The first kappa shape index (κ1) is 17.9. The Morgan fingerprint density at radius 1 is 1.12 bits per heavy atom. The molecule has 0 unspecified atom stereocenters. The van der Waals surface area contributed by atoms with E-state index in [1.165, 1.54) is 12.7 Å². The van der Waals surface area contributed by atoms with Gasteiger partial charge in [-0.15, -0.1) is 0 Å². The van der Waals surface area contributed by atoms with Crippen molar-refractivity contribution in [2.24, 2.45) is 0 Å². The van der Waals surface area contributed by atoms with Crippen LogP contribution in [0.1, 0.15) is 38.4 Å². The van der Waals surface area contributed by atoms with E-state index in [1.54, 1.807) is 13.0 Å². The molecule has 3 rings (SSSR count). The fourth-order valence-electron chi connectivity index (χ4n) is 3.07. The van der Waals surface area contributed by atoms with Gasteiger partial charge >= 0.3 is 5.97 Å². The molecule has 2 aromatic heterocycles. The third-order valence-electron chi connectivity index (χ3n) is 4.79. The maximum Gasteiger partial charge on any atom is 0.343 e. The standard InChI is InChI=1S/C21H22N2O3/c1-12-6-8-16(9-7-12)11-23-15(4)18(21(25)26-5)19(24)17-10-13(2)14(3)22-20(17)23/h6-10H,11H2,1-5H3. The monoisotopic (exact) mass is 350 g/mol. The molecule has 3 aromatic rings. The number of methoxy groups -OCH3 is 1. The number of ether oxygens (including phenoxy) is 1. The molecule has 26 heavy (non-hydrogen) atoms. The topological polar surface area (TPSA) is 61.2 Å². The van der Waals surface area contributed by atoms with Crippen LogP contribution in [0.2, 0.25) is 0 Å². The molecule has 0 spiro atoms. The number of carbonyl (C=O) groups is 1. The number of hydrogen-bond donors (Lipinski definition) is 0. The van der Waals surface area contributed by atoms with Crippen LogP contribution in [0.15, 0.2) is 35.1 Å². The molecule has 0 bridgehead atoms. The van der Waals surface area contributed by atoms with Crippen molar-refractivity contribution in [1.82, 2.24) is 9.55 Å². The first-order valence-electron chi connectivity index (χ1n) is 8.48. The number of rotatable bonds is 3. The Hall–Kier alpha value is -2.95. The van der Waals surface area contributed by atoms with Gasteiger partial charge in [0.2, 0.25) is 5.43 Å². The van der Waals surface area contributed by atoms with E-state index in [0.29, 0.717) is 23.3 Å². The fraction of sp³-hybridized carbons (Fsp3) is 0.286. The van der Waals surface area contributed by atoms with Gasteiger partial charge in [-0.3, -0.25) is 4.79 Å². The lowest BCUT2D eigenvalue weighted by Gasteiger charge is -2.18. The Bertz CT molecular complexity index is 1060.